The van der Waals surface area contributed by atoms with Crippen LogP contribution in [0.25, 0.3) is 0 Å². The lowest BCUT2D eigenvalue weighted by atomic mass is 10.1. The van der Waals surface area contributed by atoms with Gasteiger partial charge in [-0.2, -0.15) is 0 Å². The van der Waals surface area contributed by atoms with Crippen LogP contribution in [0.1, 0.15) is 12.0 Å². The second kappa shape index (κ2) is 4.26. The molecule has 0 amide bonds. The van der Waals surface area contributed by atoms with E-state index in [9.17, 15) is 0 Å². The molecule has 0 aliphatic carbocycles. The minimum Gasteiger partial charge on any atom is -0.358 e. The van der Waals surface area contributed by atoms with Crippen LogP contribution < -0.4 is 5.32 Å². The van der Waals surface area contributed by atoms with Crippen LogP contribution in [0.15, 0.2) is 29.3 Å². The molecule has 3 rings (SSSR count). The molecule has 2 heterocycles. The zero-order valence-electron chi connectivity index (χ0n) is 9.39. The molecule has 1 aromatic rings. The van der Waals surface area contributed by atoms with E-state index in [4.69, 9.17) is 0 Å². The van der Waals surface area contributed by atoms with Crippen LogP contribution in [-0.2, 0) is 6.54 Å². The van der Waals surface area contributed by atoms with Crippen molar-refractivity contribution in [3.63, 3.8) is 0 Å². The van der Waals surface area contributed by atoms with E-state index in [0.717, 1.165) is 31.2 Å². The molecule has 16 heavy (non-hydrogen) atoms. The third-order valence-corrected chi connectivity index (χ3v) is 3.38. The summed E-state index contributed by atoms with van der Waals surface area (Å²) in [6, 6.07) is 8.40. The number of rotatable bonds is 2. The Labute approximate surface area is 96.2 Å². The van der Waals surface area contributed by atoms with Crippen LogP contribution in [0.2, 0.25) is 0 Å². The van der Waals surface area contributed by atoms with Gasteiger partial charge in [-0.15, -0.1) is 0 Å². The molecule has 0 aromatic heterocycles. The van der Waals surface area contributed by atoms with Crippen molar-refractivity contribution in [2.75, 3.05) is 19.6 Å². The Kier molecular flexibility index (Phi) is 2.62. The van der Waals surface area contributed by atoms with Gasteiger partial charge in [0, 0.05) is 13.1 Å². The Morgan fingerprint density at radius 3 is 3.19 bits per heavy atom. The second-order valence-electron chi connectivity index (χ2n) is 4.66. The third kappa shape index (κ3) is 1.95. The Bertz CT molecular complexity index is 394. The molecule has 0 unspecified atom stereocenters. The summed E-state index contributed by atoms with van der Waals surface area (Å²) in [6.07, 6.45) is 3.30. The number of nitrogens with one attached hydrogen (secondary N) is 1. The van der Waals surface area contributed by atoms with E-state index in [1.165, 1.54) is 18.5 Å². The van der Waals surface area contributed by atoms with Crippen LogP contribution >= 0.6 is 0 Å². The summed E-state index contributed by atoms with van der Waals surface area (Å²) in [7, 11) is 0. The number of para-hydroxylation sites is 1. The molecule has 0 radical (unpaired) electrons. The molecule has 2 aliphatic rings. The van der Waals surface area contributed by atoms with Gasteiger partial charge >= 0.3 is 0 Å². The van der Waals surface area contributed by atoms with Gasteiger partial charge in [-0.1, -0.05) is 18.2 Å². The smallest absolute Gasteiger partial charge is 0.0915 e. The molecular formula is C13H17N3. The predicted octanol–water partition coefficient (Wildman–Crippen LogP) is 1.77. The Hall–Kier alpha value is -1.35. The molecule has 1 fully saturated rings. The zero-order chi connectivity index (χ0) is 10.8. The Balaban J connectivity index is 1.68. The van der Waals surface area contributed by atoms with Crippen molar-refractivity contribution in [2.45, 2.75) is 13.0 Å². The van der Waals surface area contributed by atoms with E-state index >= 15 is 0 Å². The van der Waals surface area contributed by atoms with E-state index in [1.54, 1.807) is 0 Å². The molecule has 3 nitrogen and oxygen atoms in total. The van der Waals surface area contributed by atoms with Gasteiger partial charge in [0.25, 0.3) is 0 Å². The Morgan fingerprint density at radius 1 is 1.38 bits per heavy atom. The Morgan fingerprint density at radius 2 is 2.31 bits per heavy atom. The van der Waals surface area contributed by atoms with Crippen LogP contribution in [0.4, 0.5) is 5.69 Å². The first-order chi connectivity index (χ1) is 7.92. The highest BCUT2D eigenvalue weighted by atomic mass is 15.2. The van der Waals surface area contributed by atoms with Gasteiger partial charge in [-0.05, 0) is 37.1 Å². The van der Waals surface area contributed by atoms with Crippen molar-refractivity contribution in [1.82, 2.24) is 10.2 Å². The molecule has 2 aliphatic heterocycles. The number of fused-ring (bicyclic) bond motifs is 1. The molecular weight excluding hydrogens is 198 g/mol. The summed E-state index contributed by atoms with van der Waals surface area (Å²) in [5, 5.41) is 3.41. The normalized spacial score (nSPS) is 23.5. The van der Waals surface area contributed by atoms with Crippen molar-refractivity contribution in [1.29, 1.82) is 0 Å². The van der Waals surface area contributed by atoms with Crippen LogP contribution in [0.3, 0.4) is 0 Å². The molecule has 0 bridgehead atoms. The topological polar surface area (TPSA) is 27.6 Å². The van der Waals surface area contributed by atoms with Crippen molar-refractivity contribution < 1.29 is 0 Å². The first-order valence-electron chi connectivity index (χ1n) is 5.99. The molecule has 3 heteroatoms. The highest BCUT2D eigenvalue weighted by Gasteiger charge is 2.19. The maximum Gasteiger partial charge on any atom is 0.0915 e. The molecule has 0 saturated carbocycles. The summed E-state index contributed by atoms with van der Waals surface area (Å²) < 4.78 is 0. The average molecular weight is 215 g/mol. The van der Waals surface area contributed by atoms with Crippen molar-refractivity contribution >= 4 is 12.0 Å². The molecule has 1 N–H and O–H groups in total. The fraction of sp³-hybridized carbons (Fsp3) is 0.462. The van der Waals surface area contributed by atoms with Gasteiger partial charge in [0.2, 0.25) is 0 Å². The minimum absolute atomic E-state index is 0.789. The SMILES string of the molecule is C1=Nc2ccccc2CN1C[C@H]1CCNC1. The lowest BCUT2D eigenvalue weighted by molar-refractivity contribution is 0.350. The number of nitrogens with zero attached hydrogens (tertiary/aromatic N) is 2. The van der Waals surface area contributed by atoms with E-state index in [-0.39, 0.29) is 0 Å². The van der Waals surface area contributed by atoms with Crippen molar-refractivity contribution in [3.05, 3.63) is 29.8 Å². The molecule has 84 valence electrons. The van der Waals surface area contributed by atoms with Crippen LogP contribution in [-0.4, -0.2) is 30.9 Å². The molecule has 1 atom stereocenters. The molecule has 0 spiro atoms. The van der Waals surface area contributed by atoms with Crippen molar-refractivity contribution in [2.24, 2.45) is 10.9 Å². The highest BCUT2D eigenvalue weighted by molar-refractivity contribution is 5.66. The third-order valence-electron chi connectivity index (χ3n) is 3.38. The summed E-state index contributed by atoms with van der Waals surface area (Å²) in [6.45, 7) is 4.47. The maximum atomic E-state index is 4.50. The first kappa shape index (κ1) is 9.85. The monoisotopic (exact) mass is 215 g/mol. The largest absolute Gasteiger partial charge is 0.358 e. The fourth-order valence-electron chi connectivity index (χ4n) is 2.49. The number of aliphatic imine (C=N–C) groups is 1. The first-order valence-corrected chi connectivity index (χ1v) is 5.99. The van der Waals surface area contributed by atoms with E-state index in [1.807, 2.05) is 12.4 Å². The van der Waals surface area contributed by atoms with Crippen LogP contribution in [0.5, 0.6) is 0 Å². The summed E-state index contributed by atoms with van der Waals surface area (Å²) in [5.41, 5.74) is 2.47. The lowest BCUT2D eigenvalue weighted by Gasteiger charge is -2.26. The minimum atomic E-state index is 0.789. The standard InChI is InChI=1S/C13H17N3/c1-2-4-13-12(3-1)9-16(10-15-13)8-11-5-6-14-7-11/h1-4,10-11,14H,5-9H2/t11-/m0/s1. The summed E-state index contributed by atoms with van der Waals surface area (Å²) in [5.74, 6) is 0.789. The van der Waals surface area contributed by atoms with Gasteiger partial charge in [0.05, 0.1) is 12.0 Å². The summed E-state index contributed by atoms with van der Waals surface area (Å²) >= 11 is 0. The van der Waals surface area contributed by atoms with Gasteiger partial charge in [0.1, 0.15) is 0 Å². The molecule has 1 saturated heterocycles. The van der Waals surface area contributed by atoms with Gasteiger partial charge in [-0.3, -0.25) is 0 Å². The number of hydrogen-bond donors (Lipinski definition) is 1. The fourth-order valence-corrected chi connectivity index (χ4v) is 2.49. The van der Waals surface area contributed by atoms with Gasteiger partial charge in [-0.25, -0.2) is 4.99 Å². The average Bonchev–Trinajstić information content (AvgIpc) is 2.82. The highest BCUT2D eigenvalue weighted by Crippen LogP contribution is 2.24. The van der Waals surface area contributed by atoms with E-state index in [0.29, 0.717) is 0 Å². The molecule has 1 aromatic carbocycles. The zero-order valence-corrected chi connectivity index (χ0v) is 9.39. The predicted molar refractivity (Wildman–Crippen MR) is 66.0 cm³/mol. The lowest BCUT2D eigenvalue weighted by Crippen LogP contribution is -2.30. The maximum absolute atomic E-state index is 4.50. The van der Waals surface area contributed by atoms with E-state index in [2.05, 4.69) is 33.4 Å². The summed E-state index contributed by atoms with van der Waals surface area (Å²) in [4.78, 5) is 6.83. The quantitative estimate of drug-likeness (QED) is 0.814. The van der Waals surface area contributed by atoms with E-state index < -0.39 is 0 Å². The number of hydrogen-bond acceptors (Lipinski definition) is 3. The van der Waals surface area contributed by atoms with Crippen molar-refractivity contribution in [3.8, 4) is 0 Å². The van der Waals surface area contributed by atoms with Crippen LogP contribution in [0, 0.1) is 5.92 Å². The van der Waals surface area contributed by atoms with Gasteiger partial charge < -0.3 is 10.2 Å². The second-order valence-corrected chi connectivity index (χ2v) is 4.66. The number of benzene rings is 1. The van der Waals surface area contributed by atoms with Gasteiger partial charge in [0.15, 0.2) is 0 Å².